The first kappa shape index (κ1) is 16.5. The van der Waals surface area contributed by atoms with Crippen LogP contribution in [-0.2, 0) is 19.1 Å². The minimum absolute atomic E-state index is 0.301. The number of methoxy groups -OCH3 is 3. The highest BCUT2D eigenvalue weighted by Gasteiger charge is 2.25. The molecule has 1 aromatic carbocycles. The number of rotatable bonds is 6. The molecule has 0 aliphatic heterocycles. The van der Waals surface area contributed by atoms with E-state index >= 15 is 0 Å². The lowest BCUT2D eigenvalue weighted by atomic mass is 10.1. The van der Waals surface area contributed by atoms with Crippen molar-refractivity contribution in [3.63, 3.8) is 0 Å². The molecule has 0 aliphatic rings. The van der Waals surface area contributed by atoms with Crippen LogP contribution in [0, 0.1) is 0 Å². The van der Waals surface area contributed by atoms with Crippen LogP contribution >= 0.6 is 0 Å². The van der Waals surface area contributed by atoms with Crippen molar-refractivity contribution in [1.82, 2.24) is 5.32 Å². The van der Waals surface area contributed by atoms with Gasteiger partial charge in [0, 0.05) is 5.56 Å². The molecule has 21 heavy (non-hydrogen) atoms. The number of carbonyl (C=O) groups is 3. The first-order valence-corrected chi connectivity index (χ1v) is 6.11. The maximum absolute atomic E-state index is 12.0. The normalized spacial score (nSPS) is 11.2. The van der Waals surface area contributed by atoms with E-state index in [-0.39, 0.29) is 6.42 Å². The second-order valence-corrected chi connectivity index (χ2v) is 4.06. The summed E-state index contributed by atoms with van der Waals surface area (Å²) in [6.07, 6.45) is -0.301. The number of hydrogen-bond donors (Lipinski definition) is 1. The first-order chi connectivity index (χ1) is 10.0. The molecule has 0 spiro atoms. The fourth-order valence-electron chi connectivity index (χ4n) is 1.57. The molecule has 1 aromatic rings. The minimum atomic E-state index is -1.10. The van der Waals surface area contributed by atoms with Crippen molar-refractivity contribution < 1.29 is 28.6 Å². The Morgan fingerprint density at radius 3 is 2.14 bits per heavy atom. The maximum atomic E-state index is 12.0. The van der Waals surface area contributed by atoms with Crippen molar-refractivity contribution in [2.75, 3.05) is 21.3 Å². The molecule has 0 saturated heterocycles. The van der Waals surface area contributed by atoms with Crippen molar-refractivity contribution in [3.8, 4) is 5.75 Å². The Morgan fingerprint density at radius 2 is 1.67 bits per heavy atom. The third-order valence-electron chi connectivity index (χ3n) is 2.74. The maximum Gasteiger partial charge on any atom is 0.328 e. The molecule has 1 N–H and O–H groups in total. The zero-order chi connectivity index (χ0) is 15.8. The molecule has 0 heterocycles. The Balaban J connectivity index is 2.78. The Bertz CT molecular complexity index is 511. The molecule has 0 aromatic heterocycles. The van der Waals surface area contributed by atoms with Crippen molar-refractivity contribution in [3.05, 3.63) is 29.8 Å². The number of ether oxygens (including phenoxy) is 3. The van der Waals surface area contributed by atoms with E-state index in [9.17, 15) is 14.4 Å². The summed E-state index contributed by atoms with van der Waals surface area (Å²) >= 11 is 0. The van der Waals surface area contributed by atoms with E-state index in [2.05, 4.69) is 14.8 Å². The molecular weight excluding hydrogens is 278 g/mol. The van der Waals surface area contributed by atoms with Gasteiger partial charge in [-0.3, -0.25) is 9.59 Å². The molecular formula is C14H17NO6. The number of esters is 2. The van der Waals surface area contributed by atoms with Crippen LogP contribution in [0.4, 0.5) is 0 Å². The fourth-order valence-corrected chi connectivity index (χ4v) is 1.57. The topological polar surface area (TPSA) is 90.9 Å². The number of amides is 1. The van der Waals surface area contributed by atoms with Gasteiger partial charge in [0.15, 0.2) is 0 Å². The monoisotopic (exact) mass is 295 g/mol. The molecule has 1 unspecified atom stereocenters. The van der Waals surface area contributed by atoms with Crippen LogP contribution in [0.5, 0.6) is 5.75 Å². The lowest BCUT2D eigenvalue weighted by Crippen LogP contribution is -2.43. The first-order valence-electron chi connectivity index (χ1n) is 6.11. The molecule has 0 radical (unpaired) electrons. The Labute approximate surface area is 122 Å². The van der Waals surface area contributed by atoms with Crippen molar-refractivity contribution in [2.24, 2.45) is 0 Å². The van der Waals surface area contributed by atoms with Crippen LogP contribution in [-0.4, -0.2) is 45.2 Å². The van der Waals surface area contributed by atoms with E-state index in [1.807, 2.05) is 0 Å². The highest BCUT2D eigenvalue weighted by atomic mass is 16.5. The number of hydrogen-bond acceptors (Lipinski definition) is 6. The Morgan fingerprint density at radius 1 is 1.05 bits per heavy atom. The summed E-state index contributed by atoms with van der Waals surface area (Å²) in [6, 6.07) is 5.21. The number of benzene rings is 1. The van der Waals surface area contributed by atoms with Gasteiger partial charge < -0.3 is 19.5 Å². The van der Waals surface area contributed by atoms with Crippen LogP contribution < -0.4 is 10.1 Å². The molecule has 7 nitrogen and oxygen atoms in total. The van der Waals surface area contributed by atoms with Gasteiger partial charge in [-0.1, -0.05) is 0 Å². The highest BCUT2D eigenvalue weighted by Crippen LogP contribution is 2.11. The second kappa shape index (κ2) is 7.88. The zero-order valence-corrected chi connectivity index (χ0v) is 12.0. The van der Waals surface area contributed by atoms with Crippen LogP contribution in [0.25, 0.3) is 0 Å². The Kier molecular flexibility index (Phi) is 6.19. The molecule has 1 rings (SSSR count). The summed E-state index contributed by atoms with van der Waals surface area (Å²) in [6.45, 7) is 0. The van der Waals surface area contributed by atoms with E-state index < -0.39 is 23.9 Å². The number of carbonyl (C=O) groups excluding carboxylic acids is 3. The van der Waals surface area contributed by atoms with Gasteiger partial charge in [-0.25, -0.2) is 4.79 Å². The van der Waals surface area contributed by atoms with E-state index in [1.54, 1.807) is 24.3 Å². The molecule has 1 amide bonds. The molecule has 0 fully saturated rings. The minimum Gasteiger partial charge on any atom is -0.497 e. The lowest BCUT2D eigenvalue weighted by Gasteiger charge is -2.15. The third kappa shape index (κ3) is 4.79. The standard InChI is InChI=1S/C14H17NO6/c1-19-10-6-4-9(5-7-10)13(17)15-11(14(18)21-3)8-12(16)20-2/h4-7,11H,8H2,1-3H3,(H,15,17). The average Bonchev–Trinajstić information content (AvgIpc) is 2.53. The van der Waals surface area contributed by atoms with Crippen LogP contribution in [0.1, 0.15) is 16.8 Å². The third-order valence-corrected chi connectivity index (χ3v) is 2.74. The molecule has 0 bridgehead atoms. The lowest BCUT2D eigenvalue weighted by molar-refractivity contribution is -0.149. The molecule has 114 valence electrons. The quantitative estimate of drug-likeness (QED) is 0.770. The number of nitrogens with one attached hydrogen (secondary N) is 1. The van der Waals surface area contributed by atoms with Gasteiger partial charge in [-0.2, -0.15) is 0 Å². The van der Waals surface area contributed by atoms with Crippen LogP contribution in [0.3, 0.4) is 0 Å². The van der Waals surface area contributed by atoms with Gasteiger partial charge in [0.2, 0.25) is 0 Å². The fraction of sp³-hybridized carbons (Fsp3) is 0.357. The second-order valence-electron chi connectivity index (χ2n) is 4.06. The van der Waals surface area contributed by atoms with Crippen LogP contribution in [0.2, 0.25) is 0 Å². The predicted molar refractivity (Wildman–Crippen MR) is 72.9 cm³/mol. The SMILES string of the molecule is COC(=O)CC(NC(=O)c1ccc(OC)cc1)C(=O)OC. The van der Waals surface area contributed by atoms with Gasteiger partial charge in [-0.15, -0.1) is 0 Å². The summed E-state index contributed by atoms with van der Waals surface area (Å²) in [5.41, 5.74) is 0.328. The van der Waals surface area contributed by atoms with Crippen molar-refractivity contribution in [2.45, 2.75) is 12.5 Å². The predicted octanol–water partition coefficient (Wildman–Crippen LogP) is 0.530. The molecule has 0 saturated carbocycles. The van der Waals surface area contributed by atoms with Crippen molar-refractivity contribution in [1.29, 1.82) is 0 Å². The van der Waals surface area contributed by atoms with E-state index in [0.717, 1.165) is 0 Å². The van der Waals surface area contributed by atoms with Gasteiger partial charge in [-0.05, 0) is 24.3 Å². The van der Waals surface area contributed by atoms with Gasteiger partial charge >= 0.3 is 11.9 Å². The summed E-state index contributed by atoms with van der Waals surface area (Å²) < 4.78 is 14.0. The van der Waals surface area contributed by atoms with E-state index in [0.29, 0.717) is 11.3 Å². The smallest absolute Gasteiger partial charge is 0.328 e. The van der Waals surface area contributed by atoms with E-state index in [4.69, 9.17) is 4.74 Å². The highest BCUT2D eigenvalue weighted by molar-refractivity contribution is 5.97. The summed E-state index contributed by atoms with van der Waals surface area (Å²) in [5, 5.41) is 2.43. The van der Waals surface area contributed by atoms with Gasteiger partial charge in [0.25, 0.3) is 5.91 Å². The van der Waals surface area contributed by atoms with Gasteiger partial charge in [0.05, 0.1) is 27.8 Å². The largest absolute Gasteiger partial charge is 0.497 e. The molecule has 7 heteroatoms. The molecule has 0 aliphatic carbocycles. The summed E-state index contributed by atoms with van der Waals surface area (Å²) in [4.78, 5) is 34.8. The Hall–Kier alpha value is -2.57. The van der Waals surface area contributed by atoms with Gasteiger partial charge in [0.1, 0.15) is 11.8 Å². The van der Waals surface area contributed by atoms with Crippen LogP contribution in [0.15, 0.2) is 24.3 Å². The summed E-state index contributed by atoms with van der Waals surface area (Å²) in [7, 11) is 3.88. The van der Waals surface area contributed by atoms with Crippen molar-refractivity contribution >= 4 is 17.8 Å². The average molecular weight is 295 g/mol. The summed E-state index contributed by atoms with van der Waals surface area (Å²) in [5.74, 6) is -1.25. The van der Waals surface area contributed by atoms with E-state index in [1.165, 1.54) is 21.3 Å². The zero-order valence-electron chi connectivity index (χ0n) is 12.0. The molecule has 1 atom stereocenters.